The van der Waals surface area contributed by atoms with Crippen molar-refractivity contribution in [2.24, 2.45) is 0 Å². The highest BCUT2D eigenvalue weighted by atomic mass is 32.2. The van der Waals surface area contributed by atoms with E-state index in [4.69, 9.17) is 10.0 Å². The van der Waals surface area contributed by atoms with E-state index in [-0.39, 0.29) is 0 Å². The molecule has 0 aliphatic heterocycles. The van der Waals surface area contributed by atoms with Gasteiger partial charge in [0.1, 0.15) is 0 Å². The molecule has 64 valence electrons. The van der Waals surface area contributed by atoms with Crippen molar-refractivity contribution in [1.29, 1.82) is 0 Å². The fourth-order valence-electron chi connectivity index (χ4n) is 1.01. The van der Waals surface area contributed by atoms with Gasteiger partial charge in [-0.2, -0.15) is 11.8 Å². The van der Waals surface area contributed by atoms with Gasteiger partial charge in [0.2, 0.25) is 0 Å². The highest BCUT2D eigenvalue weighted by molar-refractivity contribution is 7.97. The maximum absolute atomic E-state index is 8.87. The maximum Gasteiger partial charge on any atom is 0.488 e. The van der Waals surface area contributed by atoms with Crippen molar-refractivity contribution in [3.63, 3.8) is 0 Å². The zero-order valence-electron chi connectivity index (χ0n) is 6.90. The lowest BCUT2D eigenvalue weighted by atomic mass is 9.80. The minimum absolute atomic E-state index is 0.557. The quantitative estimate of drug-likeness (QED) is 0.657. The van der Waals surface area contributed by atoms with Crippen LogP contribution in [0.15, 0.2) is 24.3 Å². The second-order valence-electron chi connectivity index (χ2n) is 2.55. The van der Waals surface area contributed by atoms with Crippen LogP contribution in [0.1, 0.15) is 5.56 Å². The molecule has 0 saturated carbocycles. The molecular weight excluding hydrogens is 171 g/mol. The first-order valence-electron chi connectivity index (χ1n) is 3.68. The lowest BCUT2D eigenvalue weighted by Gasteiger charge is -2.02. The summed E-state index contributed by atoms with van der Waals surface area (Å²) in [6, 6.07) is 7.32. The molecule has 0 aliphatic carbocycles. The van der Waals surface area contributed by atoms with Crippen LogP contribution in [0.5, 0.6) is 0 Å². The topological polar surface area (TPSA) is 40.5 Å². The first kappa shape index (κ1) is 9.64. The summed E-state index contributed by atoms with van der Waals surface area (Å²) in [7, 11) is -1.35. The van der Waals surface area contributed by atoms with E-state index in [1.54, 1.807) is 23.9 Å². The van der Waals surface area contributed by atoms with Crippen LogP contribution in [0, 0.1) is 0 Å². The number of benzene rings is 1. The van der Waals surface area contributed by atoms with E-state index in [0.29, 0.717) is 5.46 Å². The van der Waals surface area contributed by atoms with E-state index in [0.717, 1.165) is 11.3 Å². The Kier molecular flexibility index (Phi) is 3.65. The Morgan fingerprint density at radius 3 is 2.75 bits per heavy atom. The molecule has 0 fully saturated rings. The molecule has 12 heavy (non-hydrogen) atoms. The largest absolute Gasteiger partial charge is 0.488 e. The average Bonchev–Trinajstić information content (AvgIpc) is 2.05. The van der Waals surface area contributed by atoms with E-state index in [1.807, 2.05) is 18.4 Å². The van der Waals surface area contributed by atoms with Gasteiger partial charge >= 0.3 is 7.12 Å². The molecule has 1 rings (SSSR count). The first-order chi connectivity index (χ1) is 5.74. The van der Waals surface area contributed by atoms with Gasteiger partial charge in [-0.1, -0.05) is 24.3 Å². The van der Waals surface area contributed by atoms with Crippen LogP contribution in [0.4, 0.5) is 0 Å². The highest BCUT2D eigenvalue weighted by Crippen LogP contribution is 2.06. The standard InChI is InChI=1S/C8H11BO2S/c1-12-6-7-3-2-4-8(5-7)9(10)11/h2-5,10-11H,6H2,1H3. The lowest BCUT2D eigenvalue weighted by molar-refractivity contribution is 0.425. The average molecular weight is 182 g/mol. The predicted molar refractivity (Wildman–Crippen MR) is 53.5 cm³/mol. The summed E-state index contributed by atoms with van der Waals surface area (Å²) >= 11 is 1.71. The molecule has 0 saturated heterocycles. The van der Waals surface area contributed by atoms with Crippen molar-refractivity contribution in [1.82, 2.24) is 0 Å². The zero-order valence-corrected chi connectivity index (χ0v) is 7.71. The number of thioether (sulfide) groups is 1. The predicted octanol–water partition coefficient (Wildman–Crippen LogP) is 0.229. The van der Waals surface area contributed by atoms with Gasteiger partial charge < -0.3 is 10.0 Å². The molecule has 0 aliphatic rings. The second-order valence-corrected chi connectivity index (χ2v) is 3.42. The summed E-state index contributed by atoms with van der Waals surface area (Å²) in [5, 5.41) is 17.7. The third-order valence-corrected chi connectivity index (χ3v) is 2.18. The van der Waals surface area contributed by atoms with Crippen molar-refractivity contribution in [3.05, 3.63) is 29.8 Å². The van der Waals surface area contributed by atoms with Crippen LogP contribution in [0.25, 0.3) is 0 Å². The molecule has 0 atom stereocenters. The summed E-state index contributed by atoms with van der Waals surface area (Å²) in [5.41, 5.74) is 1.68. The van der Waals surface area contributed by atoms with Gasteiger partial charge in [-0.3, -0.25) is 0 Å². The van der Waals surface area contributed by atoms with E-state index < -0.39 is 7.12 Å². The third kappa shape index (κ3) is 2.55. The Morgan fingerprint density at radius 1 is 1.42 bits per heavy atom. The third-order valence-electron chi connectivity index (χ3n) is 1.56. The Labute approximate surface area is 76.8 Å². The van der Waals surface area contributed by atoms with Crippen LogP contribution < -0.4 is 5.46 Å². The van der Waals surface area contributed by atoms with Crippen molar-refractivity contribution < 1.29 is 10.0 Å². The van der Waals surface area contributed by atoms with E-state index in [9.17, 15) is 0 Å². The number of hydrogen-bond donors (Lipinski definition) is 2. The normalized spacial score (nSPS) is 9.92. The molecule has 1 aromatic carbocycles. The maximum atomic E-state index is 8.87. The zero-order chi connectivity index (χ0) is 8.97. The van der Waals surface area contributed by atoms with Crippen molar-refractivity contribution >= 4 is 24.3 Å². The second kappa shape index (κ2) is 4.55. The number of hydrogen-bond acceptors (Lipinski definition) is 3. The van der Waals surface area contributed by atoms with Gasteiger partial charge in [-0.15, -0.1) is 0 Å². The van der Waals surface area contributed by atoms with Crippen LogP contribution in [0.2, 0.25) is 0 Å². The van der Waals surface area contributed by atoms with Crippen LogP contribution in [-0.2, 0) is 5.75 Å². The molecule has 2 nitrogen and oxygen atoms in total. The molecule has 1 aromatic rings. The Morgan fingerprint density at radius 2 is 2.17 bits per heavy atom. The van der Waals surface area contributed by atoms with Crippen LogP contribution >= 0.6 is 11.8 Å². The molecule has 0 aromatic heterocycles. The molecule has 2 N–H and O–H groups in total. The number of rotatable bonds is 3. The van der Waals surface area contributed by atoms with Crippen molar-refractivity contribution in [2.45, 2.75) is 5.75 Å². The van der Waals surface area contributed by atoms with Gasteiger partial charge in [0.15, 0.2) is 0 Å². The van der Waals surface area contributed by atoms with Crippen LogP contribution in [0.3, 0.4) is 0 Å². The Bertz CT molecular complexity index is 253. The van der Waals surface area contributed by atoms with Gasteiger partial charge in [-0.25, -0.2) is 0 Å². The Hall–Kier alpha value is -0.445. The minimum Gasteiger partial charge on any atom is -0.423 e. The highest BCUT2D eigenvalue weighted by Gasteiger charge is 2.09. The smallest absolute Gasteiger partial charge is 0.423 e. The monoisotopic (exact) mass is 182 g/mol. The molecule has 0 radical (unpaired) electrons. The summed E-state index contributed by atoms with van der Waals surface area (Å²) in [5.74, 6) is 0.903. The van der Waals surface area contributed by atoms with Gasteiger partial charge in [0.05, 0.1) is 0 Å². The molecular formula is C8H11BO2S. The lowest BCUT2D eigenvalue weighted by Crippen LogP contribution is -2.29. The summed E-state index contributed by atoms with van der Waals surface area (Å²) in [6.07, 6.45) is 2.02. The van der Waals surface area contributed by atoms with Gasteiger partial charge in [0, 0.05) is 5.75 Å². The summed E-state index contributed by atoms with van der Waals surface area (Å²) in [6.45, 7) is 0. The fraction of sp³-hybridized carbons (Fsp3) is 0.250. The van der Waals surface area contributed by atoms with Gasteiger partial charge in [-0.05, 0) is 17.3 Å². The summed E-state index contributed by atoms with van der Waals surface area (Å²) < 4.78 is 0. The fourth-order valence-corrected chi connectivity index (χ4v) is 1.52. The summed E-state index contributed by atoms with van der Waals surface area (Å²) in [4.78, 5) is 0. The SMILES string of the molecule is CSCc1cccc(B(O)O)c1. The molecule has 0 unspecified atom stereocenters. The van der Waals surface area contributed by atoms with Crippen molar-refractivity contribution in [2.75, 3.05) is 6.26 Å². The molecule has 0 heterocycles. The van der Waals surface area contributed by atoms with E-state index >= 15 is 0 Å². The molecule has 4 heteroatoms. The molecule has 0 bridgehead atoms. The van der Waals surface area contributed by atoms with Crippen LogP contribution in [-0.4, -0.2) is 23.4 Å². The molecule has 0 spiro atoms. The molecule has 0 amide bonds. The first-order valence-corrected chi connectivity index (χ1v) is 5.07. The Balaban J connectivity index is 2.81. The van der Waals surface area contributed by atoms with E-state index in [2.05, 4.69) is 0 Å². The van der Waals surface area contributed by atoms with Gasteiger partial charge in [0.25, 0.3) is 0 Å². The van der Waals surface area contributed by atoms with Crippen molar-refractivity contribution in [3.8, 4) is 0 Å². The minimum atomic E-state index is -1.35. The van der Waals surface area contributed by atoms with E-state index in [1.165, 1.54) is 0 Å².